The number of benzene rings is 1. The lowest BCUT2D eigenvalue weighted by atomic mass is 10.1. The Kier molecular flexibility index (Phi) is 3.77. The molecule has 5 nitrogen and oxygen atoms in total. The van der Waals surface area contributed by atoms with E-state index in [1.807, 2.05) is 24.3 Å². The fourth-order valence-electron chi connectivity index (χ4n) is 2.02. The molecule has 2 aromatic rings. The minimum Gasteiger partial charge on any atom is -0.378 e. The van der Waals surface area contributed by atoms with Crippen molar-refractivity contribution in [3.8, 4) is 0 Å². The van der Waals surface area contributed by atoms with E-state index in [2.05, 4.69) is 15.5 Å². The Morgan fingerprint density at radius 1 is 1.37 bits per heavy atom. The first-order chi connectivity index (χ1) is 9.33. The van der Waals surface area contributed by atoms with Crippen molar-refractivity contribution in [3.05, 3.63) is 46.6 Å². The Labute approximate surface area is 115 Å². The Morgan fingerprint density at radius 2 is 2.26 bits per heavy atom. The molecule has 1 aromatic heterocycles. The summed E-state index contributed by atoms with van der Waals surface area (Å²) in [6.45, 7) is 2.10. The van der Waals surface area contributed by atoms with Gasteiger partial charge >= 0.3 is 0 Å². The molecule has 19 heavy (non-hydrogen) atoms. The zero-order chi connectivity index (χ0) is 13.1. The number of rotatable bonds is 3. The van der Waals surface area contributed by atoms with E-state index < -0.39 is 0 Å². The average Bonchev–Trinajstić information content (AvgIpc) is 2.91. The van der Waals surface area contributed by atoms with Crippen LogP contribution in [0.4, 0.5) is 0 Å². The Morgan fingerprint density at radius 3 is 3.05 bits per heavy atom. The maximum absolute atomic E-state index is 6.11. The molecule has 6 heteroatoms. The molecule has 1 fully saturated rings. The summed E-state index contributed by atoms with van der Waals surface area (Å²) in [7, 11) is 0. The van der Waals surface area contributed by atoms with Gasteiger partial charge in [0.15, 0.2) is 5.82 Å². The lowest BCUT2D eigenvalue weighted by Gasteiger charge is -2.20. The summed E-state index contributed by atoms with van der Waals surface area (Å²) in [5.74, 6) is 1.21. The van der Waals surface area contributed by atoms with Crippen LogP contribution in [0, 0.1) is 0 Å². The van der Waals surface area contributed by atoms with E-state index in [1.54, 1.807) is 0 Å². The van der Waals surface area contributed by atoms with Gasteiger partial charge in [0.1, 0.15) is 0 Å². The number of nitrogens with zero attached hydrogens (tertiary/aromatic N) is 2. The molecule has 100 valence electrons. The highest BCUT2D eigenvalue weighted by molar-refractivity contribution is 6.31. The molecule has 0 radical (unpaired) electrons. The zero-order valence-corrected chi connectivity index (χ0v) is 11.1. The molecular formula is C13H14ClN3O2. The largest absolute Gasteiger partial charge is 0.378 e. The van der Waals surface area contributed by atoms with Crippen molar-refractivity contribution < 1.29 is 9.26 Å². The van der Waals surface area contributed by atoms with Gasteiger partial charge in [-0.15, -0.1) is 0 Å². The molecule has 0 spiro atoms. The maximum Gasteiger partial charge on any atom is 0.231 e. The topological polar surface area (TPSA) is 60.2 Å². The number of nitrogens with one attached hydrogen (secondary N) is 1. The first-order valence-electron chi connectivity index (χ1n) is 6.20. The second-order valence-electron chi connectivity index (χ2n) is 4.40. The predicted molar refractivity (Wildman–Crippen MR) is 70.1 cm³/mol. The normalized spacial score (nSPS) is 19.5. The molecule has 0 unspecified atom stereocenters. The zero-order valence-electron chi connectivity index (χ0n) is 10.3. The fraction of sp³-hybridized carbons (Fsp3) is 0.385. The summed E-state index contributed by atoms with van der Waals surface area (Å²) in [5.41, 5.74) is 0.979. The van der Waals surface area contributed by atoms with Crippen LogP contribution in [0.5, 0.6) is 0 Å². The molecule has 1 N–H and O–H groups in total. The summed E-state index contributed by atoms with van der Waals surface area (Å²) in [5, 5.41) is 7.99. The number of hydrogen-bond acceptors (Lipinski definition) is 5. The first kappa shape index (κ1) is 12.6. The third-order valence-electron chi connectivity index (χ3n) is 3.02. The highest BCUT2D eigenvalue weighted by Crippen LogP contribution is 2.19. The van der Waals surface area contributed by atoms with Crippen LogP contribution in [0.25, 0.3) is 0 Å². The molecule has 1 aliphatic heterocycles. The molecule has 1 saturated heterocycles. The van der Waals surface area contributed by atoms with Crippen LogP contribution in [-0.2, 0) is 11.2 Å². The van der Waals surface area contributed by atoms with Crippen LogP contribution in [0.3, 0.4) is 0 Å². The van der Waals surface area contributed by atoms with E-state index >= 15 is 0 Å². The van der Waals surface area contributed by atoms with Crippen LogP contribution < -0.4 is 5.32 Å². The van der Waals surface area contributed by atoms with Gasteiger partial charge in [0.05, 0.1) is 25.7 Å². The van der Waals surface area contributed by atoms with E-state index in [0.29, 0.717) is 29.8 Å². The van der Waals surface area contributed by atoms with E-state index in [0.717, 1.165) is 18.7 Å². The van der Waals surface area contributed by atoms with Gasteiger partial charge in [-0.25, -0.2) is 0 Å². The van der Waals surface area contributed by atoms with Crippen LogP contribution >= 0.6 is 11.6 Å². The summed E-state index contributed by atoms with van der Waals surface area (Å²) in [6, 6.07) is 7.65. The smallest absolute Gasteiger partial charge is 0.231 e. The maximum atomic E-state index is 6.11. The van der Waals surface area contributed by atoms with Crippen molar-refractivity contribution in [2.45, 2.75) is 12.5 Å². The lowest BCUT2D eigenvalue weighted by molar-refractivity contribution is 0.0734. The first-order valence-corrected chi connectivity index (χ1v) is 6.58. The van der Waals surface area contributed by atoms with Gasteiger partial charge in [-0.05, 0) is 11.6 Å². The lowest BCUT2D eigenvalue weighted by Crippen LogP contribution is -2.35. The molecule has 1 atom stereocenters. The standard InChI is InChI=1S/C13H14ClN3O2/c14-10-4-2-1-3-9(10)7-12-16-13(17-19-12)11-8-18-6-5-15-11/h1-4,11,15H,5-8H2/t11-/m0/s1. The highest BCUT2D eigenvalue weighted by atomic mass is 35.5. The highest BCUT2D eigenvalue weighted by Gasteiger charge is 2.21. The molecule has 3 rings (SSSR count). The Bertz CT molecular complexity index is 552. The van der Waals surface area contributed by atoms with Gasteiger partial charge in [-0.3, -0.25) is 0 Å². The van der Waals surface area contributed by atoms with Gasteiger partial charge in [-0.2, -0.15) is 4.98 Å². The molecule has 2 heterocycles. The van der Waals surface area contributed by atoms with E-state index in [1.165, 1.54) is 0 Å². The molecule has 0 amide bonds. The van der Waals surface area contributed by atoms with Crippen molar-refractivity contribution in [1.29, 1.82) is 0 Å². The predicted octanol–water partition coefficient (Wildman–Crippen LogP) is 1.97. The summed E-state index contributed by atoms with van der Waals surface area (Å²) < 4.78 is 10.6. The van der Waals surface area contributed by atoms with E-state index in [-0.39, 0.29) is 6.04 Å². The number of aromatic nitrogens is 2. The molecular weight excluding hydrogens is 266 g/mol. The SMILES string of the molecule is Clc1ccccc1Cc1nc([C@@H]2COCCN2)no1. The number of halogens is 1. The van der Waals surface area contributed by atoms with Crippen molar-refractivity contribution >= 4 is 11.6 Å². The Balaban J connectivity index is 1.73. The molecule has 0 aliphatic carbocycles. The van der Waals surface area contributed by atoms with Gasteiger partial charge in [0, 0.05) is 11.6 Å². The minimum atomic E-state index is 0.0116. The van der Waals surface area contributed by atoms with Crippen LogP contribution in [0.15, 0.2) is 28.8 Å². The summed E-state index contributed by atoms with van der Waals surface area (Å²) in [4.78, 5) is 4.39. The fourth-order valence-corrected chi connectivity index (χ4v) is 2.22. The number of hydrogen-bond donors (Lipinski definition) is 1. The molecule has 0 bridgehead atoms. The minimum absolute atomic E-state index is 0.0116. The van der Waals surface area contributed by atoms with Crippen LogP contribution in [0.1, 0.15) is 23.3 Å². The molecule has 0 saturated carbocycles. The van der Waals surface area contributed by atoms with Crippen LogP contribution in [-0.4, -0.2) is 29.9 Å². The van der Waals surface area contributed by atoms with Gasteiger partial charge in [0.25, 0.3) is 0 Å². The molecule has 1 aromatic carbocycles. The second kappa shape index (κ2) is 5.69. The van der Waals surface area contributed by atoms with Gasteiger partial charge < -0.3 is 14.6 Å². The monoisotopic (exact) mass is 279 g/mol. The van der Waals surface area contributed by atoms with Crippen LogP contribution in [0.2, 0.25) is 5.02 Å². The third-order valence-corrected chi connectivity index (χ3v) is 3.39. The Hall–Kier alpha value is -1.43. The molecule has 1 aliphatic rings. The average molecular weight is 280 g/mol. The van der Waals surface area contributed by atoms with Crippen molar-refractivity contribution in [2.24, 2.45) is 0 Å². The van der Waals surface area contributed by atoms with Crippen molar-refractivity contribution in [2.75, 3.05) is 19.8 Å². The number of ether oxygens (including phenoxy) is 1. The van der Waals surface area contributed by atoms with Gasteiger partial charge in [-0.1, -0.05) is 35.0 Å². The number of morpholine rings is 1. The van der Waals surface area contributed by atoms with Crippen molar-refractivity contribution in [3.63, 3.8) is 0 Å². The van der Waals surface area contributed by atoms with E-state index in [4.69, 9.17) is 20.9 Å². The summed E-state index contributed by atoms with van der Waals surface area (Å²) >= 11 is 6.11. The summed E-state index contributed by atoms with van der Waals surface area (Å²) in [6.07, 6.45) is 0.542. The quantitative estimate of drug-likeness (QED) is 0.931. The van der Waals surface area contributed by atoms with Crippen molar-refractivity contribution in [1.82, 2.24) is 15.5 Å². The third kappa shape index (κ3) is 2.94. The van der Waals surface area contributed by atoms with E-state index in [9.17, 15) is 0 Å². The van der Waals surface area contributed by atoms with Gasteiger partial charge in [0.2, 0.25) is 5.89 Å². The second-order valence-corrected chi connectivity index (χ2v) is 4.80.